The molecule has 0 fully saturated rings. The maximum absolute atomic E-state index is 11.6. The van der Waals surface area contributed by atoms with Gasteiger partial charge in [0, 0.05) is 6.20 Å². The summed E-state index contributed by atoms with van der Waals surface area (Å²) in [4.78, 5) is 25.4. The smallest absolute Gasteiger partial charge is 0.293 e. The quantitative estimate of drug-likeness (QED) is 0.502. The van der Waals surface area contributed by atoms with E-state index in [1.165, 1.54) is 6.20 Å². The third kappa shape index (κ3) is 1.39. The van der Waals surface area contributed by atoms with E-state index < -0.39 is 11.0 Å². The Morgan fingerprint density at radius 2 is 2.12 bits per heavy atom. The van der Waals surface area contributed by atoms with Gasteiger partial charge >= 0.3 is 0 Å². The Labute approximate surface area is 100 Å². The van der Waals surface area contributed by atoms with Crippen molar-refractivity contribution in [1.82, 2.24) is 4.98 Å². The van der Waals surface area contributed by atoms with Crippen LogP contribution in [0.5, 0.6) is 11.5 Å². The molecule has 1 aliphatic rings. The summed E-state index contributed by atoms with van der Waals surface area (Å²) in [6, 6.07) is 3.48. The topological polar surface area (TPSA) is 68.4 Å². The highest BCUT2D eigenvalue weighted by Gasteiger charge is 2.25. The molecular formula is C11H6ClNO4. The van der Waals surface area contributed by atoms with Crippen LogP contribution in [0.4, 0.5) is 0 Å². The second-order valence-electron chi connectivity index (χ2n) is 3.53. The first-order valence-corrected chi connectivity index (χ1v) is 5.20. The third-order valence-corrected chi connectivity index (χ3v) is 2.78. The zero-order valence-corrected chi connectivity index (χ0v) is 9.21. The Balaban J connectivity index is 2.31. The highest BCUT2D eigenvalue weighted by Crippen LogP contribution is 2.40. The number of halogens is 1. The van der Waals surface area contributed by atoms with Gasteiger partial charge in [-0.15, -0.1) is 0 Å². The molecule has 0 spiro atoms. The summed E-state index contributed by atoms with van der Waals surface area (Å²) in [5.74, 6) is 0.250. The van der Waals surface area contributed by atoms with Crippen LogP contribution in [-0.4, -0.2) is 22.8 Å². The Kier molecular flexibility index (Phi) is 2.09. The molecule has 17 heavy (non-hydrogen) atoms. The second-order valence-corrected chi connectivity index (χ2v) is 3.87. The van der Waals surface area contributed by atoms with E-state index in [4.69, 9.17) is 21.1 Å². The van der Waals surface area contributed by atoms with Crippen molar-refractivity contribution in [1.29, 1.82) is 0 Å². The average Bonchev–Trinajstić information content (AvgIpc) is 2.92. The number of hydrogen-bond donors (Lipinski definition) is 1. The van der Waals surface area contributed by atoms with Crippen molar-refractivity contribution in [3.63, 3.8) is 0 Å². The number of H-pyrrole nitrogens is 1. The fourth-order valence-electron chi connectivity index (χ4n) is 1.87. The number of aromatic amines is 1. The number of Topliss-reactive ketones (excluding diaryl/α,β-unsaturated/α-hetero) is 1. The lowest BCUT2D eigenvalue weighted by Gasteiger charge is -1.99. The highest BCUT2D eigenvalue weighted by atomic mass is 35.5. The number of ether oxygens (including phenoxy) is 2. The van der Waals surface area contributed by atoms with Gasteiger partial charge in [-0.05, 0) is 23.7 Å². The first-order chi connectivity index (χ1) is 8.18. The first-order valence-electron chi connectivity index (χ1n) is 4.82. The van der Waals surface area contributed by atoms with Crippen molar-refractivity contribution >= 4 is 33.5 Å². The maximum Gasteiger partial charge on any atom is 0.293 e. The molecule has 0 saturated heterocycles. The molecule has 0 unspecified atom stereocenters. The lowest BCUT2D eigenvalue weighted by atomic mass is 10.1. The molecule has 5 nitrogen and oxygen atoms in total. The number of hydrogen-bond acceptors (Lipinski definition) is 4. The first kappa shape index (κ1) is 10.2. The van der Waals surface area contributed by atoms with Gasteiger partial charge in [0.05, 0.1) is 16.5 Å². The van der Waals surface area contributed by atoms with E-state index >= 15 is 0 Å². The predicted molar refractivity (Wildman–Crippen MR) is 59.6 cm³/mol. The van der Waals surface area contributed by atoms with Gasteiger partial charge in [0.15, 0.2) is 11.5 Å². The van der Waals surface area contributed by atoms with E-state index in [1.54, 1.807) is 12.1 Å². The van der Waals surface area contributed by atoms with E-state index in [1.807, 2.05) is 0 Å². The summed E-state index contributed by atoms with van der Waals surface area (Å²) in [6.07, 6.45) is 1.44. The van der Waals surface area contributed by atoms with Gasteiger partial charge in [-0.25, -0.2) is 0 Å². The average molecular weight is 252 g/mol. The van der Waals surface area contributed by atoms with Crippen LogP contribution in [0.3, 0.4) is 0 Å². The minimum Gasteiger partial charge on any atom is -0.454 e. The van der Waals surface area contributed by atoms with Crippen molar-refractivity contribution < 1.29 is 19.1 Å². The molecule has 0 bridgehead atoms. The van der Waals surface area contributed by atoms with E-state index in [2.05, 4.69) is 4.98 Å². The van der Waals surface area contributed by atoms with Crippen LogP contribution in [0, 0.1) is 0 Å². The van der Waals surface area contributed by atoms with Gasteiger partial charge in [-0.2, -0.15) is 0 Å². The minimum atomic E-state index is -1.03. The Hall–Kier alpha value is -2.01. The number of fused-ring (bicyclic) bond motifs is 3. The van der Waals surface area contributed by atoms with Gasteiger partial charge < -0.3 is 14.5 Å². The Morgan fingerprint density at radius 1 is 1.29 bits per heavy atom. The molecule has 0 aliphatic carbocycles. The normalized spacial score (nSPS) is 13.0. The molecule has 1 aromatic carbocycles. The van der Waals surface area contributed by atoms with Gasteiger partial charge in [0.2, 0.25) is 12.6 Å². The Morgan fingerprint density at radius 3 is 2.88 bits per heavy atom. The Bertz CT molecular complexity index is 646. The van der Waals surface area contributed by atoms with Crippen LogP contribution in [0.25, 0.3) is 10.9 Å². The summed E-state index contributed by atoms with van der Waals surface area (Å²) in [7, 11) is 0. The van der Waals surface area contributed by atoms with Crippen molar-refractivity contribution in [3.8, 4) is 11.5 Å². The number of aromatic nitrogens is 1. The molecule has 1 aromatic heterocycles. The van der Waals surface area contributed by atoms with E-state index in [0.717, 1.165) is 0 Å². The largest absolute Gasteiger partial charge is 0.454 e. The zero-order chi connectivity index (χ0) is 12.0. The number of rotatable bonds is 2. The predicted octanol–water partition coefficient (Wildman–Crippen LogP) is 1.84. The van der Waals surface area contributed by atoms with E-state index in [9.17, 15) is 9.59 Å². The fraction of sp³-hybridized carbons (Fsp3) is 0.0909. The summed E-state index contributed by atoms with van der Waals surface area (Å²) < 4.78 is 10.5. The van der Waals surface area contributed by atoms with Crippen LogP contribution in [-0.2, 0) is 4.79 Å². The molecule has 2 aromatic rings. The highest BCUT2D eigenvalue weighted by molar-refractivity contribution is 6.83. The summed E-state index contributed by atoms with van der Waals surface area (Å²) in [5.41, 5.74) is 0.887. The lowest BCUT2D eigenvalue weighted by Crippen LogP contribution is -2.06. The summed E-state index contributed by atoms with van der Waals surface area (Å²) >= 11 is 5.20. The molecular weight excluding hydrogens is 246 g/mol. The van der Waals surface area contributed by atoms with E-state index in [0.29, 0.717) is 22.4 Å². The lowest BCUT2D eigenvalue weighted by molar-refractivity contribution is -0.108. The molecule has 2 heterocycles. The standard InChI is InChI=1S/C11H6ClNO4/c12-11(15)9(14)5-3-13-6-1-2-7-10(8(5)6)17-4-16-7/h1-3,13H,4H2. The van der Waals surface area contributed by atoms with Crippen LogP contribution >= 0.6 is 11.6 Å². The van der Waals surface area contributed by atoms with Crippen molar-refractivity contribution in [2.75, 3.05) is 6.79 Å². The van der Waals surface area contributed by atoms with Crippen LogP contribution in [0.1, 0.15) is 10.4 Å². The van der Waals surface area contributed by atoms with Crippen molar-refractivity contribution in [2.45, 2.75) is 0 Å². The summed E-state index contributed by atoms with van der Waals surface area (Å²) in [6.45, 7) is 0.0993. The maximum atomic E-state index is 11.6. The molecule has 0 saturated carbocycles. The third-order valence-electron chi connectivity index (χ3n) is 2.60. The van der Waals surface area contributed by atoms with Gasteiger partial charge in [0.25, 0.3) is 5.24 Å². The van der Waals surface area contributed by atoms with Crippen LogP contribution < -0.4 is 9.47 Å². The zero-order valence-electron chi connectivity index (χ0n) is 8.45. The molecule has 0 atom stereocenters. The van der Waals surface area contributed by atoms with Gasteiger partial charge in [-0.3, -0.25) is 9.59 Å². The van der Waals surface area contributed by atoms with Crippen molar-refractivity contribution in [3.05, 3.63) is 23.9 Å². The number of carbonyl (C=O) groups excluding carboxylic acids is 2. The molecule has 86 valence electrons. The van der Waals surface area contributed by atoms with Gasteiger partial charge in [0.1, 0.15) is 0 Å². The molecule has 0 radical (unpaired) electrons. The van der Waals surface area contributed by atoms with Crippen molar-refractivity contribution in [2.24, 2.45) is 0 Å². The monoisotopic (exact) mass is 251 g/mol. The molecule has 6 heteroatoms. The molecule has 3 rings (SSSR count). The molecule has 0 amide bonds. The molecule has 1 aliphatic heterocycles. The number of nitrogens with one attached hydrogen (secondary N) is 1. The number of benzene rings is 1. The minimum absolute atomic E-state index is 0.0993. The second kappa shape index (κ2) is 3.49. The fourth-order valence-corrected chi connectivity index (χ4v) is 1.97. The van der Waals surface area contributed by atoms with Crippen LogP contribution in [0.2, 0.25) is 0 Å². The van der Waals surface area contributed by atoms with Crippen LogP contribution in [0.15, 0.2) is 18.3 Å². The number of ketones is 1. The summed E-state index contributed by atoms with van der Waals surface area (Å²) in [5, 5.41) is -0.499. The number of carbonyl (C=O) groups is 2. The SMILES string of the molecule is O=C(Cl)C(=O)c1c[nH]c2ccc3c(c12)OCO3. The molecule has 1 N–H and O–H groups in total. The van der Waals surface area contributed by atoms with E-state index in [-0.39, 0.29) is 12.4 Å². The van der Waals surface area contributed by atoms with Gasteiger partial charge in [-0.1, -0.05) is 0 Å².